The van der Waals surface area contributed by atoms with Crippen molar-refractivity contribution < 1.29 is 18.4 Å². The van der Waals surface area contributed by atoms with Gasteiger partial charge in [0.25, 0.3) is 0 Å². The zero-order valence-electron chi connectivity index (χ0n) is 15.9. The van der Waals surface area contributed by atoms with Crippen LogP contribution in [-0.4, -0.2) is 29.3 Å². The van der Waals surface area contributed by atoms with Crippen LogP contribution in [0.25, 0.3) is 0 Å². The summed E-state index contributed by atoms with van der Waals surface area (Å²) in [4.78, 5) is 28.2. The molecule has 4 bridgehead atoms. The number of rotatable bonds is 3. The highest BCUT2D eigenvalue weighted by molar-refractivity contribution is 5.98. The van der Waals surface area contributed by atoms with Gasteiger partial charge in [0.1, 0.15) is 6.04 Å². The number of amides is 2. The van der Waals surface area contributed by atoms with E-state index in [-0.39, 0.29) is 22.9 Å². The molecule has 1 atom stereocenters. The molecule has 28 heavy (non-hydrogen) atoms. The van der Waals surface area contributed by atoms with E-state index in [1.165, 1.54) is 25.3 Å². The molecule has 1 N–H and O–H groups in total. The highest BCUT2D eigenvalue weighted by atomic mass is 19.2. The Hall–Kier alpha value is -1.98. The van der Waals surface area contributed by atoms with Crippen molar-refractivity contribution in [3.8, 4) is 0 Å². The molecule has 6 heteroatoms. The van der Waals surface area contributed by atoms with Gasteiger partial charge >= 0.3 is 0 Å². The minimum absolute atomic E-state index is 0.162. The van der Waals surface area contributed by atoms with Gasteiger partial charge in [-0.3, -0.25) is 9.59 Å². The van der Waals surface area contributed by atoms with E-state index in [1.54, 1.807) is 4.90 Å². The molecule has 1 aliphatic heterocycles. The first-order valence-electron chi connectivity index (χ1n) is 10.5. The highest BCUT2D eigenvalue weighted by Gasteiger charge is 2.56. The van der Waals surface area contributed by atoms with Gasteiger partial charge in [0.15, 0.2) is 11.6 Å². The average molecular weight is 388 g/mol. The molecule has 150 valence electrons. The largest absolute Gasteiger partial charge is 0.330 e. The summed E-state index contributed by atoms with van der Waals surface area (Å²) in [6.07, 6.45) is 8.16. The first kappa shape index (κ1) is 18.1. The van der Waals surface area contributed by atoms with Crippen LogP contribution in [0.15, 0.2) is 18.2 Å². The molecule has 5 aliphatic rings. The molecular formula is C22H26F2N2O2. The van der Waals surface area contributed by atoms with Gasteiger partial charge in [0.2, 0.25) is 11.8 Å². The van der Waals surface area contributed by atoms with Crippen molar-refractivity contribution in [1.29, 1.82) is 0 Å². The van der Waals surface area contributed by atoms with Crippen molar-refractivity contribution in [3.05, 3.63) is 29.8 Å². The van der Waals surface area contributed by atoms with Gasteiger partial charge < -0.3 is 10.2 Å². The molecule has 6 rings (SSSR count). The molecule has 0 radical (unpaired) electrons. The Morgan fingerprint density at radius 1 is 1.00 bits per heavy atom. The molecule has 2 amide bonds. The number of carbonyl (C=O) groups is 2. The van der Waals surface area contributed by atoms with Crippen molar-refractivity contribution in [2.24, 2.45) is 23.2 Å². The molecule has 0 aromatic heterocycles. The number of anilines is 1. The number of halogens is 2. The first-order chi connectivity index (χ1) is 13.4. The Labute approximate surface area is 163 Å². The van der Waals surface area contributed by atoms with E-state index in [0.717, 1.165) is 37.8 Å². The van der Waals surface area contributed by atoms with Gasteiger partial charge in [-0.25, -0.2) is 8.78 Å². The lowest BCUT2D eigenvalue weighted by Crippen LogP contribution is -2.56. The van der Waals surface area contributed by atoms with E-state index in [2.05, 4.69) is 5.32 Å². The third kappa shape index (κ3) is 2.92. The van der Waals surface area contributed by atoms with E-state index in [0.29, 0.717) is 30.7 Å². The van der Waals surface area contributed by atoms with Crippen LogP contribution < -0.4 is 5.32 Å². The number of likely N-dealkylation sites (tertiary alicyclic amines) is 1. The lowest BCUT2D eigenvalue weighted by molar-refractivity contribution is -0.160. The quantitative estimate of drug-likeness (QED) is 0.847. The molecule has 1 aromatic carbocycles. The zero-order chi connectivity index (χ0) is 19.5. The molecule has 1 heterocycles. The van der Waals surface area contributed by atoms with Crippen molar-refractivity contribution in [2.45, 2.75) is 57.4 Å². The number of nitrogens with zero attached hydrogens (tertiary/aromatic N) is 1. The topological polar surface area (TPSA) is 49.4 Å². The maximum Gasteiger partial charge on any atom is 0.247 e. The second kappa shape index (κ2) is 6.53. The fourth-order valence-corrected chi connectivity index (χ4v) is 6.76. The predicted molar refractivity (Wildman–Crippen MR) is 100 cm³/mol. The molecule has 4 saturated carbocycles. The van der Waals surface area contributed by atoms with Gasteiger partial charge in [0.05, 0.1) is 5.41 Å². The van der Waals surface area contributed by atoms with Crippen LogP contribution in [0, 0.1) is 34.8 Å². The van der Waals surface area contributed by atoms with Crippen LogP contribution in [0.3, 0.4) is 0 Å². The van der Waals surface area contributed by atoms with Crippen LogP contribution in [0.5, 0.6) is 0 Å². The summed E-state index contributed by atoms with van der Waals surface area (Å²) in [5, 5.41) is 2.67. The maximum atomic E-state index is 13.6. The van der Waals surface area contributed by atoms with Gasteiger partial charge in [-0.2, -0.15) is 0 Å². The fraction of sp³-hybridized carbons (Fsp3) is 0.636. The van der Waals surface area contributed by atoms with Crippen molar-refractivity contribution in [1.82, 2.24) is 4.90 Å². The summed E-state index contributed by atoms with van der Waals surface area (Å²) in [7, 11) is 0. The van der Waals surface area contributed by atoms with Crippen molar-refractivity contribution in [3.63, 3.8) is 0 Å². The number of hydrogen-bond donors (Lipinski definition) is 1. The van der Waals surface area contributed by atoms with Crippen LogP contribution in [0.4, 0.5) is 14.5 Å². The van der Waals surface area contributed by atoms with Crippen LogP contribution in [0.1, 0.15) is 51.4 Å². The van der Waals surface area contributed by atoms with Gasteiger partial charge in [-0.1, -0.05) is 0 Å². The van der Waals surface area contributed by atoms with E-state index in [9.17, 15) is 18.4 Å². The minimum atomic E-state index is -0.995. The van der Waals surface area contributed by atoms with Gasteiger partial charge in [-0.15, -0.1) is 0 Å². The lowest BCUT2D eigenvalue weighted by atomic mass is 9.49. The molecule has 5 fully saturated rings. The van der Waals surface area contributed by atoms with E-state index in [4.69, 9.17) is 0 Å². The molecule has 0 unspecified atom stereocenters. The molecule has 4 nitrogen and oxygen atoms in total. The predicted octanol–water partition coefficient (Wildman–Crippen LogP) is 4.11. The third-order valence-corrected chi connectivity index (χ3v) is 7.50. The molecule has 0 spiro atoms. The second-order valence-electron chi connectivity index (χ2n) is 9.47. The molecule has 1 saturated heterocycles. The normalized spacial score (nSPS) is 36.0. The smallest absolute Gasteiger partial charge is 0.247 e. The Kier molecular flexibility index (Phi) is 4.21. The van der Waals surface area contributed by atoms with Crippen LogP contribution in [-0.2, 0) is 9.59 Å². The van der Waals surface area contributed by atoms with E-state index < -0.39 is 17.7 Å². The summed E-state index contributed by atoms with van der Waals surface area (Å²) in [6.45, 7) is 0.608. The molecule has 4 aliphatic carbocycles. The summed E-state index contributed by atoms with van der Waals surface area (Å²) in [5.74, 6) is -0.0638. The Balaban J connectivity index is 1.33. The SMILES string of the molecule is O=C(Nc1ccc(F)c(F)c1)[C@H]1CCCN1C(=O)C12CC3CC(CC(C3)C1)C2. The minimum Gasteiger partial charge on any atom is -0.330 e. The zero-order valence-corrected chi connectivity index (χ0v) is 15.9. The summed E-state index contributed by atoms with van der Waals surface area (Å²) in [5.41, 5.74) is -0.0439. The Morgan fingerprint density at radius 2 is 1.64 bits per heavy atom. The number of benzene rings is 1. The van der Waals surface area contributed by atoms with E-state index >= 15 is 0 Å². The number of carbonyl (C=O) groups excluding carboxylic acids is 2. The second-order valence-corrected chi connectivity index (χ2v) is 9.47. The van der Waals surface area contributed by atoms with Gasteiger partial charge in [0, 0.05) is 18.3 Å². The van der Waals surface area contributed by atoms with E-state index in [1.807, 2.05) is 0 Å². The fourth-order valence-electron chi connectivity index (χ4n) is 6.76. The lowest BCUT2D eigenvalue weighted by Gasteiger charge is -2.56. The third-order valence-electron chi connectivity index (χ3n) is 7.50. The summed E-state index contributed by atoms with van der Waals surface area (Å²) < 4.78 is 26.6. The standard InChI is InChI=1S/C22H26F2N2O2/c23-17-4-3-16(9-18(17)24)25-20(27)19-2-1-5-26(19)21(28)22-10-13-6-14(11-22)8-15(7-13)12-22/h3-4,9,13-15,19H,1-2,5-8,10-12H2,(H,25,27)/t13?,14?,15?,19-,22?/m1/s1. The summed E-state index contributed by atoms with van der Waals surface area (Å²) in [6, 6.07) is 2.80. The molecular weight excluding hydrogens is 362 g/mol. The van der Waals surface area contributed by atoms with Crippen LogP contribution >= 0.6 is 0 Å². The molecule has 1 aromatic rings. The Bertz CT molecular complexity index is 789. The monoisotopic (exact) mass is 388 g/mol. The van der Waals surface area contributed by atoms with Crippen LogP contribution in [0.2, 0.25) is 0 Å². The van der Waals surface area contributed by atoms with Crippen molar-refractivity contribution >= 4 is 17.5 Å². The number of nitrogens with one attached hydrogen (secondary N) is 1. The van der Waals surface area contributed by atoms with Crippen molar-refractivity contribution in [2.75, 3.05) is 11.9 Å². The number of hydrogen-bond acceptors (Lipinski definition) is 2. The maximum absolute atomic E-state index is 13.6. The average Bonchev–Trinajstić information content (AvgIpc) is 3.13. The van der Waals surface area contributed by atoms with Gasteiger partial charge in [-0.05, 0) is 81.3 Å². The summed E-state index contributed by atoms with van der Waals surface area (Å²) >= 11 is 0. The highest BCUT2D eigenvalue weighted by Crippen LogP contribution is 2.60. The first-order valence-corrected chi connectivity index (χ1v) is 10.5. The Morgan fingerprint density at radius 3 is 2.25 bits per heavy atom.